The molecule has 1 aliphatic rings. The summed E-state index contributed by atoms with van der Waals surface area (Å²) in [4.78, 5) is 24.0. The number of allylic oxidation sites excluding steroid dienone is 1. The number of nitrogens with one attached hydrogen (secondary N) is 1. The highest BCUT2D eigenvalue weighted by Crippen LogP contribution is 2.26. The molecule has 0 aliphatic heterocycles. The molecule has 19 heavy (non-hydrogen) atoms. The van der Waals surface area contributed by atoms with Crippen molar-refractivity contribution in [3.8, 4) is 0 Å². The van der Waals surface area contributed by atoms with Crippen LogP contribution in [0.25, 0.3) is 0 Å². The molecule has 0 unspecified atom stereocenters. The first kappa shape index (κ1) is 13.9. The fourth-order valence-corrected chi connectivity index (χ4v) is 2.79. The van der Waals surface area contributed by atoms with Gasteiger partial charge in [0, 0.05) is 17.6 Å². The van der Waals surface area contributed by atoms with Gasteiger partial charge in [-0.25, -0.2) is 0 Å². The number of amides is 1. The number of Topliss-reactive ketones (excluding diaryl/α,β-unsaturated/α-hetero) is 1. The van der Waals surface area contributed by atoms with Gasteiger partial charge < -0.3 is 5.32 Å². The van der Waals surface area contributed by atoms with E-state index >= 15 is 0 Å². The summed E-state index contributed by atoms with van der Waals surface area (Å²) in [6, 6.07) is 9.05. The second-order valence-electron chi connectivity index (χ2n) is 4.46. The van der Waals surface area contributed by atoms with Gasteiger partial charge in [0.15, 0.2) is 5.78 Å². The van der Waals surface area contributed by atoms with Gasteiger partial charge >= 0.3 is 0 Å². The van der Waals surface area contributed by atoms with E-state index in [1.807, 2.05) is 24.5 Å². The highest BCUT2D eigenvalue weighted by Gasteiger charge is 2.20. The summed E-state index contributed by atoms with van der Waals surface area (Å²) in [5.41, 5.74) is 1.39. The Labute approximate surface area is 117 Å². The molecule has 0 spiro atoms. The first-order chi connectivity index (χ1) is 9.22. The van der Waals surface area contributed by atoms with Crippen LogP contribution in [0.3, 0.4) is 0 Å². The number of hydrogen-bond acceptors (Lipinski definition) is 3. The zero-order valence-corrected chi connectivity index (χ0v) is 11.8. The average Bonchev–Trinajstić information content (AvgIpc) is 2.46. The molecule has 0 atom stereocenters. The van der Waals surface area contributed by atoms with E-state index in [4.69, 9.17) is 0 Å². The maximum absolute atomic E-state index is 12.1. The second-order valence-corrected chi connectivity index (χ2v) is 5.28. The highest BCUT2D eigenvalue weighted by molar-refractivity contribution is 8.02. The third-order valence-electron chi connectivity index (χ3n) is 3.16. The maximum Gasteiger partial charge on any atom is 0.256 e. The summed E-state index contributed by atoms with van der Waals surface area (Å²) in [6.45, 7) is 0. The summed E-state index contributed by atoms with van der Waals surface area (Å²) < 4.78 is 0. The van der Waals surface area contributed by atoms with E-state index in [-0.39, 0.29) is 11.7 Å². The van der Waals surface area contributed by atoms with Crippen LogP contribution in [0.15, 0.2) is 40.9 Å². The fraction of sp³-hybridized carbons (Fsp3) is 0.333. The van der Waals surface area contributed by atoms with Crippen LogP contribution in [0.4, 0.5) is 0 Å². The largest absolute Gasteiger partial charge is 0.316 e. The number of benzene rings is 1. The van der Waals surface area contributed by atoms with Gasteiger partial charge in [0.1, 0.15) is 0 Å². The van der Waals surface area contributed by atoms with Gasteiger partial charge in [0.25, 0.3) is 5.91 Å². The smallest absolute Gasteiger partial charge is 0.256 e. The van der Waals surface area contributed by atoms with Crippen molar-refractivity contribution in [2.75, 3.05) is 6.26 Å². The van der Waals surface area contributed by atoms with E-state index in [9.17, 15) is 9.59 Å². The van der Waals surface area contributed by atoms with Crippen LogP contribution in [0.5, 0.6) is 0 Å². The molecule has 1 aromatic rings. The van der Waals surface area contributed by atoms with Crippen LogP contribution >= 0.6 is 11.8 Å². The lowest BCUT2D eigenvalue weighted by atomic mass is 9.94. The number of carbonyl (C=O) groups excluding carboxylic acids is 2. The molecule has 1 N–H and O–H groups in total. The lowest BCUT2D eigenvalue weighted by Gasteiger charge is -2.17. The van der Waals surface area contributed by atoms with E-state index in [1.54, 1.807) is 12.1 Å². The molecular formula is C15H17NO2S. The molecule has 0 bridgehead atoms. The van der Waals surface area contributed by atoms with E-state index in [2.05, 4.69) is 5.32 Å². The van der Waals surface area contributed by atoms with Crippen molar-refractivity contribution in [3.05, 3.63) is 46.5 Å². The molecule has 1 aliphatic carbocycles. The molecule has 1 amide bonds. The molecular weight excluding hydrogens is 258 g/mol. The Bertz CT molecular complexity index is 508. The Morgan fingerprint density at radius 1 is 1.16 bits per heavy atom. The number of ketones is 1. The monoisotopic (exact) mass is 275 g/mol. The Morgan fingerprint density at radius 3 is 2.47 bits per heavy atom. The molecule has 4 heteroatoms. The van der Waals surface area contributed by atoms with Crippen LogP contribution in [0.1, 0.15) is 36.0 Å². The second kappa shape index (κ2) is 6.57. The summed E-state index contributed by atoms with van der Waals surface area (Å²) >= 11 is 1.43. The zero-order valence-electron chi connectivity index (χ0n) is 10.9. The third kappa shape index (κ3) is 3.47. The molecule has 1 saturated carbocycles. The van der Waals surface area contributed by atoms with Crippen molar-refractivity contribution < 1.29 is 9.59 Å². The molecule has 0 heterocycles. The van der Waals surface area contributed by atoms with Crippen LogP contribution in [-0.4, -0.2) is 17.9 Å². The average molecular weight is 275 g/mol. The van der Waals surface area contributed by atoms with Gasteiger partial charge in [-0.1, -0.05) is 18.2 Å². The Balaban J connectivity index is 2.17. The predicted octanol–water partition coefficient (Wildman–Crippen LogP) is 3.13. The predicted molar refractivity (Wildman–Crippen MR) is 77.9 cm³/mol. The molecule has 0 radical (unpaired) electrons. The van der Waals surface area contributed by atoms with E-state index in [1.165, 1.54) is 11.8 Å². The van der Waals surface area contributed by atoms with Gasteiger partial charge in [-0.15, -0.1) is 11.8 Å². The summed E-state index contributed by atoms with van der Waals surface area (Å²) in [5.74, 6) is 0.0137. The topological polar surface area (TPSA) is 46.2 Å². The van der Waals surface area contributed by atoms with Crippen molar-refractivity contribution >= 4 is 23.5 Å². The Kier molecular flexibility index (Phi) is 4.80. The first-order valence-electron chi connectivity index (χ1n) is 6.39. The van der Waals surface area contributed by atoms with Gasteiger partial charge in [0.05, 0.1) is 5.03 Å². The van der Waals surface area contributed by atoms with Gasteiger partial charge in [-0.2, -0.15) is 0 Å². The maximum atomic E-state index is 12.1. The van der Waals surface area contributed by atoms with Gasteiger partial charge in [0.2, 0.25) is 0 Å². The number of thioether (sulfide) groups is 1. The first-order valence-corrected chi connectivity index (χ1v) is 7.61. The minimum absolute atomic E-state index is 0.157. The van der Waals surface area contributed by atoms with Crippen molar-refractivity contribution in [1.82, 2.24) is 5.32 Å². The molecule has 0 saturated heterocycles. The van der Waals surface area contributed by atoms with Gasteiger partial charge in [-0.3, -0.25) is 9.59 Å². The molecule has 0 aromatic heterocycles. The molecule has 1 aromatic carbocycles. The summed E-state index contributed by atoms with van der Waals surface area (Å²) in [5, 5.41) is 3.57. The molecule has 100 valence electrons. The Hall–Kier alpha value is -1.55. The van der Waals surface area contributed by atoms with E-state index < -0.39 is 0 Å². The zero-order chi connectivity index (χ0) is 13.7. The SMILES string of the molecule is CS/C(NC(=O)c1ccccc1)=C1/CCCCC1=O. The summed E-state index contributed by atoms with van der Waals surface area (Å²) in [7, 11) is 0. The fourth-order valence-electron chi connectivity index (χ4n) is 2.13. The van der Waals surface area contributed by atoms with E-state index in [0.717, 1.165) is 24.8 Å². The van der Waals surface area contributed by atoms with Crippen LogP contribution < -0.4 is 5.32 Å². The Morgan fingerprint density at radius 2 is 1.84 bits per heavy atom. The number of hydrogen-bond donors (Lipinski definition) is 1. The van der Waals surface area contributed by atoms with Crippen LogP contribution in [0.2, 0.25) is 0 Å². The number of carbonyl (C=O) groups is 2. The van der Waals surface area contributed by atoms with Crippen molar-refractivity contribution in [2.45, 2.75) is 25.7 Å². The highest BCUT2D eigenvalue weighted by atomic mass is 32.2. The van der Waals surface area contributed by atoms with Crippen molar-refractivity contribution in [2.24, 2.45) is 0 Å². The quantitative estimate of drug-likeness (QED) is 0.862. The summed E-state index contributed by atoms with van der Waals surface area (Å²) in [6.07, 6.45) is 5.23. The molecule has 1 fully saturated rings. The molecule has 3 nitrogen and oxygen atoms in total. The van der Waals surface area contributed by atoms with Crippen LogP contribution in [-0.2, 0) is 4.79 Å². The minimum Gasteiger partial charge on any atom is -0.316 e. The number of rotatable bonds is 3. The van der Waals surface area contributed by atoms with Gasteiger partial charge in [-0.05, 0) is 37.7 Å². The lowest BCUT2D eigenvalue weighted by molar-refractivity contribution is -0.116. The van der Waals surface area contributed by atoms with Crippen molar-refractivity contribution in [1.29, 1.82) is 0 Å². The van der Waals surface area contributed by atoms with Crippen LogP contribution in [0, 0.1) is 0 Å². The third-order valence-corrected chi connectivity index (χ3v) is 3.92. The standard InChI is InChI=1S/C15H17NO2S/c1-19-15(12-9-5-6-10-13(12)17)16-14(18)11-7-3-2-4-8-11/h2-4,7-8H,5-6,9-10H2,1H3,(H,16,18)/b15-12-. The van der Waals surface area contributed by atoms with Crippen molar-refractivity contribution in [3.63, 3.8) is 0 Å². The normalized spacial score (nSPS) is 18.1. The minimum atomic E-state index is -0.157. The lowest BCUT2D eigenvalue weighted by Crippen LogP contribution is -2.25. The van der Waals surface area contributed by atoms with E-state index in [0.29, 0.717) is 17.0 Å². The molecule has 2 rings (SSSR count).